The van der Waals surface area contributed by atoms with Gasteiger partial charge >= 0.3 is 0 Å². The van der Waals surface area contributed by atoms with E-state index in [-0.39, 0.29) is 11.1 Å². The summed E-state index contributed by atoms with van der Waals surface area (Å²) in [4.78, 5) is 8.56. The number of nitrogens with zero attached hydrogens (tertiary/aromatic N) is 2. The third kappa shape index (κ3) is 3.43. The predicted molar refractivity (Wildman–Crippen MR) is 78.2 cm³/mol. The Hall–Kier alpha value is -2.28. The molecule has 0 fully saturated rings. The van der Waals surface area contributed by atoms with E-state index in [1.807, 2.05) is 20.8 Å². The summed E-state index contributed by atoms with van der Waals surface area (Å²) in [5, 5.41) is 2.74. The van der Waals surface area contributed by atoms with Crippen LogP contribution in [-0.2, 0) is 5.41 Å². The minimum atomic E-state index is -0.962. The van der Waals surface area contributed by atoms with Gasteiger partial charge in [-0.05, 0) is 12.1 Å². The lowest BCUT2D eigenvalue weighted by atomic mass is 9.96. The maximum Gasteiger partial charge on any atom is 0.182 e. The van der Waals surface area contributed by atoms with E-state index in [2.05, 4.69) is 20.7 Å². The summed E-state index contributed by atoms with van der Waals surface area (Å²) in [5.74, 6) is 4.72. The molecule has 1 aromatic carbocycles. The summed E-state index contributed by atoms with van der Waals surface area (Å²) in [6.45, 7) is 5.82. The molecule has 2 aromatic rings. The van der Waals surface area contributed by atoms with E-state index in [4.69, 9.17) is 5.84 Å². The standard InChI is InChI=1S/C14H17F2N5/c1-14(2,3)13-19-10(7-11(20-13)21-17)18-9-6-4-5-8(15)12(9)16/h4-7H,17H2,1-3H3,(H2,18,19,20,21). The number of rotatable bonds is 3. The minimum Gasteiger partial charge on any atom is -0.338 e. The van der Waals surface area contributed by atoms with Gasteiger partial charge in [-0.15, -0.1) is 0 Å². The molecule has 5 nitrogen and oxygen atoms in total. The van der Waals surface area contributed by atoms with Gasteiger partial charge in [0.25, 0.3) is 0 Å². The number of nitrogens with one attached hydrogen (secondary N) is 2. The third-order valence-corrected chi connectivity index (χ3v) is 2.76. The zero-order valence-electron chi connectivity index (χ0n) is 12.0. The molecule has 112 valence electrons. The molecule has 21 heavy (non-hydrogen) atoms. The van der Waals surface area contributed by atoms with E-state index >= 15 is 0 Å². The normalized spacial score (nSPS) is 11.3. The SMILES string of the molecule is CC(C)(C)c1nc(NN)cc(Nc2cccc(F)c2F)n1. The highest BCUT2D eigenvalue weighted by Crippen LogP contribution is 2.25. The molecular weight excluding hydrogens is 276 g/mol. The van der Waals surface area contributed by atoms with Gasteiger partial charge in [-0.2, -0.15) is 0 Å². The summed E-state index contributed by atoms with van der Waals surface area (Å²) in [7, 11) is 0. The Bertz CT molecular complexity index is 652. The molecule has 0 saturated heterocycles. The fourth-order valence-electron chi connectivity index (χ4n) is 1.66. The van der Waals surface area contributed by atoms with E-state index in [1.54, 1.807) is 0 Å². The van der Waals surface area contributed by atoms with Crippen LogP contribution in [0.15, 0.2) is 24.3 Å². The fourth-order valence-corrected chi connectivity index (χ4v) is 1.66. The smallest absolute Gasteiger partial charge is 0.182 e. The van der Waals surface area contributed by atoms with Crippen molar-refractivity contribution in [1.82, 2.24) is 9.97 Å². The van der Waals surface area contributed by atoms with Crippen LogP contribution in [0.2, 0.25) is 0 Å². The van der Waals surface area contributed by atoms with E-state index in [0.717, 1.165) is 6.07 Å². The second-order valence-electron chi connectivity index (χ2n) is 5.58. The predicted octanol–water partition coefficient (Wildman–Crippen LogP) is 3.08. The maximum absolute atomic E-state index is 13.7. The first-order valence-electron chi connectivity index (χ1n) is 6.38. The van der Waals surface area contributed by atoms with Crippen molar-refractivity contribution in [3.8, 4) is 0 Å². The highest BCUT2D eigenvalue weighted by Gasteiger charge is 2.19. The first-order valence-corrected chi connectivity index (χ1v) is 6.38. The Kier molecular flexibility index (Phi) is 4.04. The fraction of sp³-hybridized carbons (Fsp3) is 0.286. The van der Waals surface area contributed by atoms with Crippen LogP contribution in [0.1, 0.15) is 26.6 Å². The zero-order valence-corrected chi connectivity index (χ0v) is 12.0. The van der Waals surface area contributed by atoms with Crippen molar-refractivity contribution in [2.24, 2.45) is 5.84 Å². The van der Waals surface area contributed by atoms with Crippen LogP contribution < -0.4 is 16.6 Å². The number of halogens is 2. The molecular formula is C14H17F2N5. The monoisotopic (exact) mass is 293 g/mol. The molecule has 0 aliphatic rings. The minimum absolute atomic E-state index is 0.00321. The molecule has 0 atom stereocenters. The maximum atomic E-state index is 13.7. The number of benzene rings is 1. The molecule has 0 bridgehead atoms. The van der Waals surface area contributed by atoms with Crippen LogP contribution in [0.3, 0.4) is 0 Å². The second-order valence-corrected chi connectivity index (χ2v) is 5.58. The number of hydrazine groups is 1. The summed E-state index contributed by atoms with van der Waals surface area (Å²) in [5.41, 5.74) is 2.11. The molecule has 0 saturated carbocycles. The van der Waals surface area contributed by atoms with Gasteiger partial charge in [0.05, 0.1) is 5.69 Å². The molecule has 4 N–H and O–H groups in total. The number of aromatic nitrogens is 2. The molecule has 2 rings (SSSR count). The molecule has 1 heterocycles. The van der Waals surface area contributed by atoms with Crippen LogP contribution in [0.4, 0.5) is 26.1 Å². The van der Waals surface area contributed by atoms with Crippen molar-refractivity contribution in [3.63, 3.8) is 0 Å². The highest BCUT2D eigenvalue weighted by atomic mass is 19.2. The zero-order chi connectivity index (χ0) is 15.6. The largest absolute Gasteiger partial charge is 0.338 e. The lowest BCUT2D eigenvalue weighted by molar-refractivity contribution is 0.511. The van der Waals surface area contributed by atoms with Crippen LogP contribution in [0.25, 0.3) is 0 Å². The van der Waals surface area contributed by atoms with Gasteiger partial charge in [0.2, 0.25) is 0 Å². The van der Waals surface area contributed by atoms with Gasteiger partial charge in [0.1, 0.15) is 17.5 Å². The average Bonchev–Trinajstić information content (AvgIpc) is 2.42. The first kappa shape index (κ1) is 15.1. The molecule has 0 aliphatic carbocycles. The molecule has 7 heteroatoms. The van der Waals surface area contributed by atoms with Crippen molar-refractivity contribution in [1.29, 1.82) is 0 Å². The van der Waals surface area contributed by atoms with Crippen LogP contribution in [0, 0.1) is 11.6 Å². The van der Waals surface area contributed by atoms with Gasteiger partial charge in [0, 0.05) is 11.5 Å². The van der Waals surface area contributed by atoms with E-state index in [0.29, 0.717) is 17.5 Å². The van der Waals surface area contributed by atoms with Crippen LogP contribution in [0.5, 0.6) is 0 Å². The van der Waals surface area contributed by atoms with Gasteiger partial charge in [-0.1, -0.05) is 26.8 Å². The summed E-state index contributed by atoms with van der Waals surface area (Å²) in [6.07, 6.45) is 0. The van der Waals surface area contributed by atoms with E-state index in [1.165, 1.54) is 18.2 Å². The third-order valence-electron chi connectivity index (χ3n) is 2.76. The molecule has 0 unspecified atom stereocenters. The van der Waals surface area contributed by atoms with Gasteiger partial charge in [0.15, 0.2) is 11.6 Å². The Morgan fingerprint density at radius 2 is 1.76 bits per heavy atom. The number of hydrogen-bond acceptors (Lipinski definition) is 5. The van der Waals surface area contributed by atoms with Gasteiger partial charge < -0.3 is 10.7 Å². The highest BCUT2D eigenvalue weighted by molar-refractivity contribution is 5.59. The summed E-state index contributed by atoms with van der Waals surface area (Å²) in [6, 6.07) is 5.40. The average molecular weight is 293 g/mol. The molecule has 0 aliphatic heterocycles. The number of anilines is 3. The molecule has 0 amide bonds. The Balaban J connectivity index is 2.42. The lowest BCUT2D eigenvalue weighted by Crippen LogP contribution is -2.19. The van der Waals surface area contributed by atoms with Crippen LogP contribution in [-0.4, -0.2) is 9.97 Å². The van der Waals surface area contributed by atoms with Crippen molar-refractivity contribution in [3.05, 3.63) is 41.7 Å². The Morgan fingerprint density at radius 1 is 1.10 bits per heavy atom. The van der Waals surface area contributed by atoms with Crippen molar-refractivity contribution < 1.29 is 8.78 Å². The Labute approximate surface area is 121 Å². The number of hydrogen-bond donors (Lipinski definition) is 3. The van der Waals surface area contributed by atoms with E-state index < -0.39 is 11.6 Å². The molecule has 0 radical (unpaired) electrons. The topological polar surface area (TPSA) is 75.9 Å². The first-order chi connectivity index (χ1) is 9.81. The van der Waals surface area contributed by atoms with Gasteiger partial charge in [-0.25, -0.2) is 24.6 Å². The van der Waals surface area contributed by atoms with Crippen molar-refractivity contribution in [2.75, 3.05) is 10.7 Å². The van der Waals surface area contributed by atoms with Crippen LogP contribution >= 0.6 is 0 Å². The van der Waals surface area contributed by atoms with Gasteiger partial charge in [-0.3, -0.25) is 0 Å². The molecule has 0 spiro atoms. The van der Waals surface area contributed by atoms with E-state index in [9.17, 15) is 8.78 Å². The summed E-state index contributed by atoms with van der Waals surface area (Å²) >= 11 is 0. The lowest BCUT2D eigenvalue weighted by Gasteiger charge is -2.19. The van der Waals surface area contributed by atoms with Crippen molar-refractivity contribution in [2.45, 2.75) is 26.2 Å². The number of nitrogens with two attached hydrogens (primary N) is 1. The Morgan fingerprint density at radius 3 is 2.38 bits per heavy atom. The second kappa shape index (κ2) is 5.61. The quantitative estimate of drug-likeness (QED) is 0.599. The molecule has 1 aromatic heterocycles. The summed E-state index contributed by atoms with van der Waals surface area (Å²) < 4.78 is 26.9. The van der Waals surface area contributed by atoms with Crippen molar-refractivity contribution >= 4 is 17.3 Å². The number of nitrogen functional groups attached to an aromatic ring is 1.